The second kappa shape index (κ2) is 17.5. The quantitative estimate of drug-likeness (QED) is 0.123. The average Bonchev–Trinajstić information content (AvgIpc) is 2.97. The van der Waals surface area contributed by atoms with Crippen molar-refractivity contribution < 1.29 is 18.0 Å². The summed E-state index contributed by atoms with van der Waals surface area (Å²) in [7, 11) is 2.13. The highest BCUT2D eigenvalue weighted by Crippen LogP contribution is 2.32. The van der Waals surface area contributed by atoms with Crippen molar-refractivity contribution >= 4 is 23.1 Å². The minimum absolute atomic E-state index is 0.0117. The number of anilines is 2. The Morgan fingerprint density at radius 2 is 1.75 bits per heavy atom. The highest BCUT2D eigenvalue weighted by atomic mass is 19.4. The van der Waals surface area contributed by atoms with E-state index in [1.165, 1.54) is 0 Å². The number of nitrogens with zero attached hydrogens (tertiary/aromatic N) is 4. The maximum absolute atomic E-state index is 14.4. The second-order valence-corrected chi connectivity index (χ2v) is 12.4. The van der Waals surface area contributed by atoms with Crippen molar-refractivity contribution in [2.24, 2.45) is 10.4 Å². The number of benzene rings is 1. The number of piperazine rings is 1. The van der Waals surface area contributed by atoms with Gasteiger partial charge in [0.05, 0.1) is 5.57 Å². The fraction of sp³-hybridized carbons (Fsp3) is 0.647. The van der Waals surface area contributed by atoms with Crippen LogP contribution in [0.1, 0.15) is 79.7 Å². The minimum atomic E-state index is -4.61. The summed E-state index contributed by atoms with van der Waals surface area (Å²) in [6.07, 6.45) is 1.11. The summed E-state index contributed by atoms with van der Waals surface area (Å²) in [5.74, 6) is 0.440. The predicted molar refractivity (Wildman–Crippen MR) is 178 cm³/mol. The number of amidine groups is 1. The first-order valence-corrected chi connectivity index (χ1v) is 16.1. The van der Waals surface area contributed by atoms with Crippen LogP contribution in [0.15, 0.2) is 46.7 Å². The van der Waals surface area contributed by atoms with E-state index in [-0.39, 0.29) is 18.1 Å². The summed E-state index contributed by atoms with van der Waals surface area (Å²) < 4.78 is 43.2. The van der Waals surface area contributed by atoms with Gasteiger partial charge in [-0.05, 0) is 69.3 Å². The highest BCUT2D eigenvalue weighted by molar-refractivity contribution is 5.95. The van der Waals surface area contributed by atoms with Gasteiger partial charge >= 0.3 is 6.18 Å². The fourth-order valence-electron chi connectivity index (χ4n) is 5.16. The highest BCUT2D eigenvalue weighted by Gasteiger charge is 2.37. The molecule has 1 saturated heterocycles. The summed E-state index contributed by atoms with van der Waals surface area (Å²) in [4.78, 5) is 23.2. The fourth-order valence-corrected chi connectivity index (χ4v) is 5.16. The molecule has 0 atom stereocenters. The van der Waals surface area contributed by atoms with Gasteiger partial charge in [0.25, 0.3) is 0 Å². The van der Waals surface area contributed by atoms with Crippen molar-refractivity contribution in [2.75, 3.05) is 63.1 Å². The van der Waals surface area contributed by atoms with E-state index < -0.39 is 17.2 Å². The Bertz CT molecular complexity index is 1150. The van der Waals surface area contributed by atoms with Crippen LogP contribution in [-0.4, -0.2) is 80.6 Å². The van der Waals surface area contributed by atoms with Gasteiger partial charge in [-0.25, -0.2) is 4.99 Å². The van der Waals surface area contributed by atoms with Gasteiger partial charge in [0.1, 0.15) is 5.84 Å². The number of halogens is 3. The SMILES string of the molecule is CCC/C=C(NCC(C)(C)CN(CC)C(=O)CCC)/C(=C\N=C(C)Nc1ccc(N2CCN(C)CC2)cc1CC)C(F)(F)F. The number of hydrogen-bond acceptors (Lipinski definition) is 5. The lowest BCUT2D eigenvalue weighted by Gasteiger charge is -2.34. The van der Waals surface area contributed by atoms with E-state index in [1.807, 2.05) is 40.7 Å². The van der Waals surface area contributed by atoms with Gasteiger partial charge in [0, 0.05) is 75.5 Å². The van der Waals surface area contributed by atoms with Crippen molar-refractivity contribution in [3.05, 3.63) is 47.3 Å². The molecule has 1 fully saturated rings. The third-order valence-electron chi connectivity index (χ3n) is 7.85. The number of unbranched alkanes of at least 4 members (excludes halogenated alkanes) is 1. The first kappa shape index (κ1) is 37.2. The lowest BCUT2D eigenvalue weighted by molar-refractivity contribution is -0.132. The normalized spacial score (nSPS) is 15.9. The summed E-state index contributed by atoms with van der Waals surface area (Å²) in [6.45, 7) is 18.7. The number of likely N-dealkylation sites (N-methyl/N-ethyl adjacent to an activating group) is 1. The van der Waals surface area contributed by atoms with Gasteiger partial charge in [-0.3, -0.25) is 4.79 Å². The van der Waals surface area contributed by atoms with E-state index in [1.54, 1.807) is 17.9 Å². The molecule has 2 rings (SSSR count). The maximum Gasteiger partial charge on any atom is 0.419 e. The molecular formula is C34H55F3N6O. The molecule has 7 nitrogen and oxygen atoms in total. The molecule has 0 saturated carbocycles. The van der Waals surface area contributed by atoms with E-state index in [4.69, 9.17) is 0 Å². The Hall–Kier alpha value is -3.01. The van der Waals surface area contributed by atoms with E-state index >= 15 is 0 Å². The molecule has 0 bridgehead atoms. The number of hydrogen-bond donors (Lipinski definition) is 2. The molecule has 0 aromatic heterocycles. The molecule has 1 heterocycles. The Morgan fingerprint density at radius 1 is 1.07 bits per heavy atom. The van der Waals surface area contributed by atoms with Crippen LogP contribution in [0, 0.1) is 5.41 Å². The molecule has 0 aliphatic carbocycles. The molecule has 1 aromatic rings. The summed E-state index contributed by atoms with van der Waals surface area (Å²) in [5, 5.41) is 6.30. The molecule has 0 spiro atoms. The molecule has 1 amide bonds. The molecule has 248 valence electrons. The Labute approximate surface area is 263 Å². The smallest absolute Gasteiger partial charge is 0.384 e. The lowest BCUT2D eigenvalue weighted by atomic mass is 9.92. The van der Waals surface area contributed by atoms with Crippen LogP contribution in [-0.2, 0) is 11.2 Å². The van der Waals surface area contributed by atoms with Crippen molar-refractivity contribution in [1.82, 2.24) is 15.1 Å². The molecule has 0 radical (unpaired) electrons. The third kappa shape index (κ3) is 11.8. The summed E-state index contributed by atoms with van der Waals surface area (Å²) in [6, 6.07) is 6.20. The zero-order valence-corrected chi connectivity index (χ0v) is 28.2. The van der Waals surface area contributed by atoms with Crippen LogP contribution < -0.4 is 15.5 Å². The molecule has 1 aliphatic heterocycles. The van der Waals surface area contributed by atoms with Gasteiger partial charge in [-0.2, -0.15) is 13.2 Å². The van der Waals surface area contributed by atoms with Gasteiger partial charge in [0.15, 0.2) is 0 Å². The van der Waals surface area contributed by atoms with Crippen molar-refractivity contribution in [3.63, 3.8) is 0 Å². The van der Waals surface area contributed by atoms with Crippen LogP contribution in [0.25, 0.3) is 0 Å². The number of allylic oxidation sites excluding steroid dienone is 2. The van der Waals surface area contributed by atoms with E-state index in [0.29, 0.717) is 38.2 Å². The minimum Gasteiger partial charge on any atom is -0.384 e. The number of carbonyl (C=O) groups excluding carboxylic acids is 1. The number of alkyl halides is 3. The number of aryl methyl sites for hydroxylation is 1. The number of nitrogens with one attached hydrogen (secondary N) is 2. The summed E-state index contributed by atoms with van der Waals surface area (Å²) >= 11 is 0. The largest absolute Gasteiger partial charge is 0.419 e. The third-order valence-corrected chi connectivity index (χ3v) is 7.85. The van der Waals surface area contributed by atoms with E-state index in [0.717, 1.165) is 62.2 Å². The predicted octanol–water partition coefficient (Wildman–Crippen LogP) is 7.23. The van der Waals surface area contributed by atoms with Gasteiger partial charge in [0.2, 0.25) is 5.91 Å². The van der Waals surface area contributed by atoms with Crippen LogP contribution in [0.5, 0.6) is 0 Å². The Balaban J connectivity index is 2.26. The van der Waals surface area contributed by atoms with Crippen LogP contribution in [0.3, 0.4) is 0 Å². The van der Waals surface area contributed by atoms with Crippen molar-refractivity contribution in [1.29, 1.82) is 0 Å². The second-order valence-electron chi connectivity index (χ2n) is 12.4. The number of aliphatic imine (C=N–C) groups is 1. The molecule has 1 aliphatic rings. The van der Waals surface area contributed by atoms with E-state index in [9.17, 15) is 18.0 Å². The Kier molecular flexibility index (Phi) is 14.8. The first-order chi connectivity index (χ1) is 20.7. The molecule has 2 N–H and O–H groups in total. The lowest BCUT2D eigenvalue weighted by Crippen LogP contribution is -2.44. The van der Waals surface area contributed by atoms with E-state index in [2.05, 4.69) is 51.5 Å². The Morgan fingerprint density at radius 3 is 2.32 bits per heavy atom. The molecule has 44 heavy (non-hydrogen) atoms. The number of rotatable bonds is 15. The molecule has 0 unspecified atom stereocenters. The monoisotopic (exact) mass is 620 g/mol. The van der Waals surface area contributed by atoms with Crippen LogP contribution in [0.4, 0.5) is 24.5 Å². The standard InChI is InChI=1S/C34H55F3N6O/c1-9-13-15-31(39-24-33(6,7)25-42(12-4)32(44)14-10-2)29(34(35,36)37)23-38-26(5)40-30-17-16-28(22-27(30)11-3)43-20-18-41(8)19-21-43/h15-17,22-23,39H,9-14,18-21,24-25H2,1-8H3,(H,38,40)/b29-23+,31-15-. The zero-order valence-electron chi connectivity index (χ0n) is 28.2. The maximum atomic E-state index is 14.4. The van der Waals surface area contributed by atoms with Gasteiger partial charge in [-0.1, -0.05) is 47.1 Å². The first-order valence-electron chi connectivity index (χ1n) is 16.1. The number of carbonyl (C=O) groups is 1. The van der Waals surface area contributed by atoms with Gasteiger partial charge < -0.3 is 25.3 Å². The van der Waals surface area contributed by atoms with Crippen molar-refractivity contribution in [2.45, 2.75) is 86.7 Å². The molecular weight excluding hydrogens is 565 g/mol. The average molecular weight is 621 g/mol. The zero-order chi connectivity index (χ0) is 32.9. The van der Waals surface area contributed by atoms with Gasteiger partial charge in [-0.15, -0.1) is 0 Å². The number of amides is 1. The summed E-state index contributed by atoms with van der Waals surface area (Å²) in [5.41, 5.74) is 1.83. The molecule has 10 heteroatoms. The molecule has 1 aromatic carbocycles. The van der Waals surface area contributed by atoms with Crippen molar-refractivity contribution in [3.8, 4) is 0 Å². The van der Waals surface area contributed by atoms with Crippen LogP contribution in [0.2, 0.25) is 0 Å². The van der Waals surface area contributed by atoms with Crippen LogP contribution >= 0.6 is 0 Å². The topological polar surface area (TPSA) is 63.2 Å².